The highest BCUT2D eigenvalue weighted by atomic mass is 35.5. The van der Waals surface area contributed by atoms with Gasteiger partial charge in [-0.1, -0.05) is 6.92 Å². The molecule has 1 N–H and O–H groups in total. The number of nitrogens with zero attached hydrogens (tertiary/aromatic N) is 2. The Balaban J connectivity index is 1.80. The van der Waals surface area contributed by atoms with Gasteiger partial charge in [0.15, 0.2) is 0 Å². The summed E-state index contributed by atoms with van der Waals surface area (Å²) in [5, 5.41) is 7.89. The van der Waals surface area contributed by atoms with Crippen molar-refractivity contribution in [2.75, 3.05) is 12.4 Å². The fraction of sp³-hybridized carbons (Fsp3) is 0.786. The molecule has 1 aliphatic carbocycles. The lowest BCUT2D eigenvalue weighted by Crippen LogP contribution is -2.50. The summed E-state index contributed by atoms with van der Waals surface area (Å²) in [5.41, 5.74) is 1.47. The highest BCUT2D eigenvalue weighted by molar-refractivity contribution is 6.18. The smallest absolute Gasteiger partial charge is 0.0522 e. The number of hydrogen-bond acceptors (Lipinski definition) is 2. The van der Waals surface area contributed by atoms with Crippen LogP contribution in [0.5, 0.6) is 0 Å². The van der Waals surface area contributed by atoms with Crippen LogP contribution in [-0.2, 0) is 13.5 Å². The molecular formula is C14H24ClN3. The minimum Gasteiger partial charge on any atom is -0.310 e. The van der Waals surface area contributed by atoms with E-state index in [1.165, 1.54) is 31.2 Å². The Kier molecular flexibility index (Phi) is 4.68. The largest absolute Gasteiger partial charge is 0.310 e. The van der Waals surface area contributed by atoms with Crippen molar-refractivity contribution in [3.8, 4) is 0 Å². The van der Waals surface area contributed by atoms with E-state index in [9.17, 15) is 0 Å². The maximum atomic E-state index is 6.19. The van der Waals surface area contributed by atoms with Gasteiger partial charge in [0, 0.05) is 24.7 Å². The molecule has 4 heteroatoms. The second-order valence-corrected chi connectivity index (χ2v) is 6.06. The molecule has 1 fully saturated rings. The Labute approximate surface area is 115 Å². The molecule has 1 aromatic rings. The third-order valence-corrected chi connectivity index (χ3v) is 4.67. The third kappa shape index (κ3) is 3.48. The number of aryl methyl sites for hydroxylation is 1. The van der Waals surface area contributed by atoms with E-state index in [2.05, 4.69) is 23.5 Å². The molecule has 18 heavy (non-hydrogen) atoms. The lowest BCUT2D eigenvalue weighted by atomic mass is 9.78. The molecule has 0 aromatic carbocycles. The predicted molar refractivity (Wildman–Crippen MR) is 76.0 cm³/mol. The van der Waals surface area contributed by atoms with Crippen molar-refractivity contribution in [2.24, 2.45) is 13.0 Å². The van der Waals surface area contributed by atoms with Gasteiger partial charge in [-0.15, -0.1) is 11.6 Å². The summed E-state index contributed by atoms with van der Waals surface area (Å²) in [6.45, 7) is 3.33. The Morgan fingerprint density at radius 2 is 2.22 bits per heavy atom. The molecule has 1 heterocycles. The number of nitrogens with one attached hydrogen (secondary N) is 1. The van der Waals surface area contributed by atoms with Crippen molar-refractivity contribution in [1.29, 1.82) is 0 Å². The van der Waals surface area contributed by atoms with Gasteiger partial charge < -0.3 is 5.32 Å². The van der Waals surface area contributed by atoms with E-state index in [1.54, 1.807) is 0 Å². The quantitative estimate of drug-likeness (QED) is 0.833. The minimum atomic E-state index is 0.177. The summed E-state index contributed by atoms with van der Waals surface area (Å²) in [6.07, 6.45) is 10.1. The van der Waals surface area contributed by atoms with Crippen molar-refractivity contribution in [1.82, 2.24) is 15.1 Å². The second kappa shape index (κ2) is 6.07. The van der Waals surface area contributed by atoms with Gasteiger partial charge in [0.1, 0.15) is 0 Å². The maximum Gasteiger partial charge on any atom is 0.0522 e. The summed E-state index contributed by atoms with van der Waals surface area (Å²) in [4.78, 5) is 0. The van der Waals surface area contributed by atoms with Gasteiger partial charge in [-0.3, -0.25) is 4.68 Å². The summed E-state index contributed by atoms with van der Waals surface area (Å²) >= 11 is 6.19. The molecule has 3 nitrogen and oxygen atoms in total. The van der Waals surface area contributed by atoms with Crippen LogP contribution < -0.4 is 5.32 Å². The van der Waals surface area contributed by atoms with Crippen LogP contribution in [0.25, 0.3) is 0 Å². The van der Waals surface area contributed by atoms with Crippen LogP contribution in [0.15, 0.2) is 12.4 Å². The van der Waals surface area contributed by atoms with Crippen LogP contribution in [0.1, 0.15) is 38.2 Å². The molecule has 1 aromatic heterocycles. The van der Waals surface area contributed by atoms with E-state index < -0.39 is 0 Å². The lowest BCUT2D eigenvalue weighted by Gasteiger charge is -2.39. The highest BCUT2D eigenvalue weighted by Gasteiger charge is 2.32. The van der Waals surface area contributed by atoms with Gasteiger partial charge in [-0.25, -0.2) is 0 Å². The molecule has 0 bridgehead atoms. The van der Waals surface area contributed by atoms with Crippen LogP contribution in [0.4, 0.5) is 0 Å². The Morgan fingerprint density at radius 3 is 2.78 bits per heavy atom. The van der Waals surface area contributed by atoms with Crippen molar-refractivity contribution in [2.45, 2.75) is 44.6 Å². The Morgan fingerprint density at radius 1 is 1.50 bits per heavy atom. The van der Waals surface area contributed by atoms with Gasteiger partial charge in [0.25, 0.3) is 0 Å². The van der Waals surface area contributed by atoms with Crippen molar-refractivity contribution < 1.29 is 0 Å². The predicted octanol–water partition coefficient (Wildman–Crippen LogP) is 2.74. The molecular weight excluding hydrogens is 246 g/mol. The molecule has 1 saturated carbocycles. The SMILES string of the molecule is CC1CCC(CCl)(NCCc2cnn(C)c2)CC1. The molecule has 102 valence electrons. The van der Waals surface area contributed by atoms with Gasteiger partial charge in [0.2, 0.25) is 0 Å². The van der Waals surface area contributed by atoms with Gasteiger partial charge in [0.05, 0.1) is 6.20 Å². The standard InChI is InChI=1S/C14H24ClN3/c1-12-3-6-14(11-15,7-4-12)16-8-5-13-9-17-18(2)10-13/h9-10,12,16H,3-8,11H2,1-2H3. The highest BCUT2D eigenvalue weighted by Crippen LogP contribution is 2.32. The minimum absolute atomic E-state index is 0.177. The van der Waals surface area contributed by atoms with Gasteiger partial charge >= 0.3 is 0 Å². The zero-order valence-corrected chi connectivity index (χ0v) is 12.2. The van der Waals surface area contributed by atoms with E-state index in [1.807, 2.05) is 17.9 Å². The number of halogens is 1. The van der Waals surface area contributed by atoms with Crippen molar-refractivity contribution in [3.05, 3.63) is 18.0 Å². The molecule has 0 aliphatic heterocycles. The Bertz CT molecular complexity index is 367. The van der Waals surface area contributed by atoms with Crippen LogP contribution in [0.3, 0.4) is 0 Å². The maximum absolute atomic E-state index is 6.19. The topological polar surface area (TPSA) is 29.9 Å². The number of rotatable bonds is 5. The summed E-state index contributed by atoms with van der Waals surface area (Å²) in [7, 11) is 1.96. The van der Waals surface area contributed by atoms with E-state index in [0.29, 0.717) is 0 Å². The fourth-order valence-electron chi connectivity index (χ4n) is 2.75. The number of hydrogen-bond donors (Lipinski definition) is 1. The average molecular weight is 270 g/mol. The second-order valence-electron chi connectivity index (χ2n) is 5.80. The molecule has 0 radical (unpaired) electrons. The third-order valence-electron chi connectivity index (χ3n) is 4.16. The van der Waals surface area contributed by atoms with Crippen molar-refractivity contribution in [3.63, 3.8) is 0 Å². The molecule has 0 spiro atoms. The Hall–Kier alpha value is -0.540. The lowest BCUT2D eigenvalue weighted by molar-refractivity contribution is 0.219. The zero-order chi connectivity index (χ0) is 13.0. The van der Waals surface area contributed by atoms with Crippen LogP contribution >= 0.6 is 11.6 Å². The zero-order valence-electron chi connectivity index (χ0n) is 11.5. The van der Waals surface area contributed by atoms with Crippen molar-refractivity contribution >= 4 is 11.6 Å². The summed E-state index contributed by atoms with van der Waals surface area (Å²) < 4.78 is 1.86. The first-order chi connectivity index (χ1) is 8.63. The summed E-state index contributed by atoms with van der Waals surface area (Å²) in [6, 6.07) is 0. The number of alkyl halides is 1. The van der Waals surface area contributed by atoms with Crippen LogP contribution in [-0.4, -0.2) is 27.7 Å². The van der Waals surface area contributed by atoms with Crippen LogP contribution in [0.2, 0.25) is 0 Å². The van der Waals surface area contributed by atoms with Gasteiger partial charge in [-0.05, 0) is 50.1 Å². The molecule has 0 unspecified atom stereocenters. The summed E-state index contributed by atoms with van der Waals surface area (Å²) in [5.74, 6) is 1.59. The molecule has 0 atom stereocenters. The average Bonchev–Trinajstić information content (AvgIpc) is 2.78. The van der Waals surface area contributed by atoms with Gasteiger partial charge in [-0.2, -0.15) is 5.10 Å². The first kappa shape index (κ1) is 13.9. The van der Waals surface area contributed by atoms with E-state index in [0.717, 1.165) is 24.8 Å². The molecule has 0 amide bonds. The molecule has 2 rings (SSSR count). The fourth-order valence-corrected chi connectivity index (χ4v) is 3.11. The van der Waals surface area contributed by atoms with E-state index in [4.69, 9.17) is 11.6 Å². The first-order valence-electron chi connectivity index (χ1n) is 6.92. The molecule has 1 aliphatic rings. The van der Waals surface area contributed by atoms with E-state index >= 15 is 0 Å². The normalized spacial score (nSPS) is 28.5. The molecule has 0 saturated heterocycles. The van der Waals surface area contributed by atoms with E-state index in [-0.39, 0.29) is 5.54 Å². The number of aromatic nitrogens is 2. The first-order valence-corrected chi connectivity index (χ1v) is 7.45. The monoisotopic (exact) mass is 269 g/mol. The van der Waals surface area contributed by atoms with Crippen LogP contribution in [0, 0.1) is 5.92 Å².